The van der Waals surface area contributed by atoms with Crippen LogP contribution in [0.25, 0.3) is 32.7 Å². The number of anilines is 10. The van der Waals surface area contributed by atoms with Crippen LogP contribution in [0.2, 0.25) is 0 Å². The molecule has 0 unspecified atom stereocenters. The number of fused-ring (bicyclic) bond motifs is 12. The van der Waals surface area contributed by atoms with Crippen molar-refractivity contribution in [3.8, 4) is 11.1 Å². The molecule has 10 aromatic rings. The van der Waals surface area contributed by atoms with Gasteiger partial charge in [0.15, 0.2) is 0 Å². The molecule has 0 saturated heterocycles. The summed E-state index contributed by atoms with van der Waals surface area (Å²) in [6.45, 7) is 0.167. The lowest BCUT2D eigenvalue weighted by atomic mass is 9.33. The summed E-state index contributed by atoms with van der Waals surface area (Å²) in [7, 11) is 4.43. The molecule has 4 aliphatic rings. The molecule has 0 radical (unpaired) electrons. The zero-order valence-corrected chi connectivity index (χ0v) is 35.6. The molecule has 0 amide bonds. The van der Waals surface area contributed by atoms with E-state index in [9.17, 15) is 0 Å². The van der Waals surface area contributed by atoms with Crippen molar-refractivity contribution < 1.29 is 0 Å². The molecule has 4 nitrogen and oxygen atoms in total. The van der Waals surface area contributed by atoms with Gasteiger partial charge in [0.05, 0.1) is 5.69 Å². The Morgan fingerprint density at radius 3 is 1.64 bits per heavy atom. The summed E-state index contributed by atoms with van der Waals surface area (Å²) in [5.74, 6) is 0. The Hall–Kier alpha value is -7.95. The molecule has 6 heteroatoms. The minimum absolute atomic E-state index is 0.0348. The summed E-state index contributed by atoms with van der Waals surface area (Å²) in [4.78, 5) is 9.84. The smallest absolute Gasteiger partial charge is 0.252 e. The van der Waals surface area contributed by atoms with E-state index in [1.807, 2.05) is 0 Å². The Bertz CT molecular complexity index is 3580. The van der Waals surface area contributed by atoms with Crippen molar-refractivity contribution >= 4 is 125 Å². The zero-order valence-electron chi connectivity index (χ0n) is 35.6. The lowest BCUT2D eigenvalue weighted by Crippen LogP contribution is -2.61. The van der Waals surface area contributed by atoms with Gasteiger partial charge in [0.2, 0.25) is 0 Å². The number of para-hydroxylation sites is 4. The normalized spacial score (nSPS) is 13.9. The fraction of sp³-hybridized carbons (Fsp3) is 0.0345. The second kappa shape index (κ2) is 13.3. The third-order valence-corrected chi connectivity index (χ3v) is 14.6. The molecule has 0 spiro atoms. The quantitative estimate of drug-likeness (QED) is 0.165. The highest BCUT2D eigenvalue weighted by molar-refractivity contribution is 7.01. The van der Waals surface area contributed by atoms with Crippen molar-refractivity contribution in [1.29, 1.82) is 0 Å². The summed E-state index contributed by atoms with van der Waals surface area (Å²) in [6.07, 6.45) is 0. The molecule has 14 rings (SSSR count). The van der Waals surface area contributed by atoms with Gasteiger partial charge in [-0.05, 0) is 121 Å². The molecule has 0 atom stereocenters. The van der Waals surface area contributed by atoms with Gasteiger partial charge in [-0.2, -0.15) is 0 Å². The van der Waals surface area contributed by atoms with Crippen molar-refractivity contribution in [2.24, 2.45) is 0 Å². The van der Waals surface area contributed by atoms with Crippen LogP contribution in [0.1, 0.15) is 0 Å². The zero-order chi connectivity index (χ0) is 42.2. The molecule has 4 heterocycles. The van der Waals surface area contributed by atoms with Crippen LogP contribution in [0, 0.1) is 0 Å². The lowest BCUT2D eigenvalue weighted by molar-refractivity contribution is 1.18. The van der Waals surface area contributed by atoms with E-state index in [1.165, 1.54) is 111 Å². The SMILES string of the molecule is CN1c2ccccc2B2c3cc(-c4ccc5c6c7c(cc5c4)N(c4ccccc4)c4ccccc4B7c4ccc5ccccc5c4N6c4ccccc4)ccc3N(C)c3cccc1c32. The molecule has 0 aromatic heterocycles. The number of nitrogens with zero attached hydrogens (tertiary/aromatic N) is 4. The Morgan fingerprint density at radius 2 is 0.875 bits per heavy atom. The van der Waals surface area contributed by atoms with E-state index >= 15 is 0 Å². The Balaban J connectivity index is 1.04. The third-order valence-electron chi connectivity index (χ3n) is 14.6. The first-order valence-electron chi connectivity index (χ1n) is 22.4. The average Bonchev–Trinajstić information content (AvgIpc) is 3.36. The van der Waals surface area contributed by atoms with Gasteiger partial charge >= 0.3 is 0 Å². The van der Waals surface area contributed by atoms with E-state index in [4.69, 9.17) is 0 Å². The van der Waals surface area contributed by atoms with Gasteiger partial charge in [0, 0.05) is 76.1 Å². The molecular formula is C58H40B2N4. The van der Waals surface area contributed by atoms with Crippen LogP contribution in [0.4, 0.5) is 56.9 Å². The highest BCUT2D eigenvalue weighted by Gasteiger charge is 2.45. The molecule has 64 heavy (non-hydrogen) atoms. The van der Waals surface area contributed by atoms with E-state index in [0.29, 0.717) is 0 Å². The fourth-order valence-electron chi connectivity index (χ4n) is 11.8. The van der Waals surface area contributed by atoms with Crippen LogP contribution in [-0.2, 0) is 0 Å². The molecule has 0 fully saturated rings. The maximum atomic E-state index is 2.58. The summed E-state index contributed by atoms with van der Waals surface area (Å²) < 4.78 is 0. The first kappa shape index (κ1) is 35.6. The van der Waals surface area contributed by atoms with Crippen LogP contribution in [0.5, 0.6) is 0 Å². The van der Waals surface area contributed by atoms with Gasteiger partial charge in [-0.15, -0.1) is 0 Å². The third kappa shape index (κ3) is 4.80. The van der Waals surface area contributed by atoms with E-state index in [2.05, 4.69) is 240 Å². The lowest BCUT2D eigenvalue weighted by Gasteiger charge is -2.45. The highest BCUT2D eigenvalue weighted by atomic mass is 15.2. The van der Waals surface area contributed by atoms with Crippen LogP contribution >= 0.6 is 0 Å². The van der Waals surface area contributed by atoms with Gasteiger partial charge in [0.25, 0.3) is 13.4 Å². The van der Waals surface area contributed by atoms with Crippen LogP contribution < -0.4 is 52.4 Å². The van der Waals surface area contributed by atoms with Crippen molar-refractivity contribution in [3.63, 3.8) is 0 Å². The highest BCUT2D eigenvalue weighted by Crippen LogP contribution is 2.49. The number of hydrogen-bond donors (Lipinski definition) is 0. The molecule has 10 aromatic carbocycles. The molecule has 0 bridgehead atoms. The first-order chi connectivity index (χ1) is 31.6. The van der Waals surface area contributed by atoms with Gasteiger partial charge < -0.3 is 19.6 Å². The standard InChI is InChI=1S/C58H40B2N4/c1-61-49-24-13-11-22-45(49)60-48-35-39(30-33-50(48)62(2)53-27-15-26-52(61)55(53)60)38-28-31-44-40(34-38)36-54-56-58(44)64(42-19-7-4-8-20-42)57-43-21-10-9-16-37(43)29-32-47(57)59(56)46-23-12-14-25-51(46)63(54)41-17-5-3-6-18-41/h3-36H,1-2H3. The molecular weight excluding hydrogens is 774 g/mol. The van der Waals surface area contributed by atoms with Gasteiger partial charge in [-0.1, -0.05) is 140 Å². The summed E-state index contributed by atoms with van der Waals surface area (Å²) in [6, 6.07) is 77.2. The first-order valence-corrected chi connectivity index (χ1v) is 22.4. The van der Waals surface area contributed by atoms with Crippen molar-refractivity contribution in [1.82, 2.24) is 0 Å². The summed E-state index contributed by atoms with van der Waals surface area (Å²) in [5, 5.41) is 4.94. The van der Waals surface area contributed by atoms with E-state index in [1.54, 1.807) is 0 Å². The molecule has 298 valence electrons. The molecule has 0 N–H and O–H groups in total. The summed E-state index contributed by atoms with van der Waals surface area (Å²) in [5.41, 5.74) is 22.8. The molecule has 0 saturated carbocycles. The summed E-state index contributed by atoms with van der Waals surface area (Å²) >= 11 is 0. The number of benzene rings is 10. The number of hydrogen-bond acceptors (Lipinski definition) is 4. The van der Waals surface area contributed by atoms with E-state index < -0.39 is 0 Å². The maximum absolute atomic E-state index is 2.58. The number of rotatable bonds is 3. The maximum Gasteiger partial charge on any atom is 0.252 e. The van der Waals surface area contributed by atoms with Gasteiger partial charge in [-0.25, -0.2) is 0 Å². The predicted octanol–water partition coefficient (Wildman–Crippen LogP) is 10.4. The van der Waals surface area contributed by atoms with Gasteiger partial charge in [-0.3, -0.25) is 0 Å². The Labute approximate surface area is 374 Å². The van der Waals surface area contributed by atoms with Crippen molar-refractivity contribution in [3.05, 3.63) is 206 Å². The second-order valence-corrected chi connectivity index (χ2v) is 17.7. The largest absolute Gasteiger partial charge is 0.345 e. The van der Waals surface area contributed by atoms with Gasteiger partial charge in [0.1, 0.15) is 0 Å². The molecule has 0 aliphatic carbocycles. The predicted molar refractivity (Wildman–Crippen MR) is 275 cm³/mol. The topological polar surface area (TPSA) is 13.0 Å². The Morgan fingerprint density at radius 1 is 0.312 bits per heavy atom. The Kier molecular flexibility index (Phi) is 7.39. The van der Waals surface area contributed by atoms with Crippen LogP contribution in [-0.4, -0.2) is 27.5 Å². The monoisotopic (exact) mass is 814 g/mol. The molecule has 4 aliphatic heterocycles. The van der Waals surface area contributed by atoms with Crippen LogP contribution in [0.15, 0.2) is 206 Å². The minimum atomic E-state index is 0.0348. The second-order valence-electron chi connectivity index (χ2n) is 17.7. The fourth-order valence-corrected chi connectivity index (χ4v) is 11.8. The van der Waals surface area contributed by atoms with Crippen molar-refractivity contribution in [2.45, 2.75) is 0 Å². The average molecular weight is 815 g/mol. The van der Waals surface area contributed by atoms with Crippen molar-refractivity contribution in [2.75, 3.05) is 33.7 Å². The minimum Gasteiger partial charge on any atom is -0.345 e. The van der Waals surface area contributed by atoms with E-state index in [0.717, 1.165) is 11.4 Å². The van der Waals surface area contributed by atoms with E-state index in [-0.39, 0.29) is 13.4 Å². The van der Waals surface area contributed by atoms with Crippen LogP contribution in [0.3, 0.4) is 0 Å².